The van der Waals surface area contributed by atoms with Crippen molar-refractivity contribution in [3.63, 3.8) is 0 Å². The minimum Gasteiger partial charge on any atom is -0.356 e. The number of anilines is 1. The van der Waals surface area contributed by atoms with Crippen molar-refractivity contribution in [1.29, 1.82) is 0 Å². The molecule has 1 aromatic carbocycles. The number of para-hydroxylation sites is 1. The number of nitrogens with one attached hydrogen (secondary N) is 3. The highest BCUT2D eigenvalue weighted by atomic mass is 127. The number of halogens is 1. The minimum atomic E-state index is 0. The summed E-state index contributed by atoms with van der Waals surface area (Å²) in [5, 5.41) is 9.75. The zero-order valence-electron chi connectivity index (χ0n) is 16.2. The number of carbonyl (C=O) groups is 1. The predicted octanol–water partition coefficient (Wildman–Crippen LogP) is 2.77. The third-order valence-corrected chi connectivity index (χ3v) is 5.27. The average Bonchev–Trinajstić information content (AvgIpc) is 2.93. The van der Waals surface area contributed by atoms with Gasteiger partial charge in [-0.25, -0.2) is 0 Å². The lowest BCUT2D eigenvalue weighted by molar-refractivity contribution is -0.116. The maximum absolute atomic E-state index is 11.9. The second-order valence-electron chi connectivity index (χ2n) is 7.17. The van der Waals surface area contributed by atoms with E-state index >= 15 is 0 Å². The normalized spacial score (nSPS) is 20.7. The van der Waals surface area contributed by atoms with Crippen LogP contribution in [0.5, 0.6) is 0 Å². The van der Waals surface area contributed by atoms with Crippen molar-refractivity contribution in [2.24, 2.45) is 4.99 Å². The van der Waals surface area contributed by atoms with Gasteiger partial charge in [0.2, 0.25) is 5.91 Å². The number of nitrogens with zero attached hydrogens (tertiary/aromatic N) is 2. The molecule has 2 heterocycles. The van der Waals surface area contributed by atoms with Gasteiger partial charge >= 0.3 is 0 Å². The first kappa shape index (κ1) is 21.9. The van der Waals surface area contributed by atoms with E-state index in [2.05, 4.69) is 31.9 Å². The molecule has 6 nitrogen and oxygen atoms in total. The monoisotopic (exact) mass is 485 g/mol. The van der Waals surface area contributed by atoms with Crippen LogP contribution >= 0.6 is 24.0 Å². The molecule has 150 valence electrons. The molecule has 3 rings (SSSR count). The van der Waals surface area contributed by atoms with Crippen LogP contribution in [-0.2, 0) is 4.79 Å². The highest BCUT2D eigenvalue weighted by Gasteiger charge is 2.24. The summed E-state index contributed by atoms with van der Waals surface area (Å²) >= 11 is 0. The van der Waals surface area contributed by atoms with Gasteiger partial charge in [0.15, 0.2) is 5.96 Å². The van der Waals surface area contributed by atoms with Crippen molar-refractivity contribution in [3.8, 4) is 0 Å². The van der Waals surface area contributed by atoms with Gasteiger partial charge < -0.3 is 20.9 Å². The highest BCUT2D eigenvalue weighted by molar-refractivity contribution is 14.0. The number of rotatable bonds is 5. The molecule has 1 atom stereocenters. The van der Waals surface area contributed by atoms with Crippen LogP contribution in [0.3, 0.4) is 0 Å². The maximum atomic E-state index is 11.9. The zero-order chi connectivity index (χ0) is 18.2. The summed E-state index contributed by atoms with van der Waals surface area (Å²) in [5.74, 6) is 1.06. The molecule has 1 saturated heterocycles. The van der Waals surface area contributed by atoms with Crippen LogP contribution in [0, 0.1) is 0 Å². The molecule has 7 heteroatoms. The summed E-state index contributed by atoms with van der Waals surface area (Å²) < 4.78 is 0. The van der Waals surface area contributed by atoms with Gasteiger partial charge in [-0.2, -0.15) is 0 Å². The van der Waals surface area contributed by atoms with Gasteiger partial charge in [0.05, 0.1) is 0 Å². The smallest absolute Gasteiger partial charge is 0.225 e. The Labute approximate surface area is 179 Å². The topological polar surface area (TPSA) is 68.8 Å². The van der Waals surface area contributed by atoms with E-state index in [1.807, 2.05) is 18.2 Å². The first-order chi connectivity index (χ1) is 12.8. The Morgan fingerprint density at radius 2 is 1.93 bits per heavy atom. The van der Waals surface area contributed by atoms with Crippen molar-refractivity contribution >= 4 is 41.5 Å². The largest absolute Gasteiger partial charge is 0.356 e. The molecule has 0 aliphatic carbocycles. The van der Waals surface area contributed by atoms with Crippen LogP contribution in [0.1, 0.15) is 43.6 Å². The molecule has 1 amide bonds. The average molecular weight is 485 g/mol. The Kier molecular flexibility index (Phi) is 9.33. The van der Waals surface area contributed by atoms with Crippen LogP contribution in [-0.4, -0.2) is 56.5 Å². The molecular weight excluding hydrogens is 453 g/mol. The standard InChI is InChI=1S/C20H31N5O.HI/c1-21-20(22-10-13-25-11-6-2-3-7-12-25)23-15-16-14-19(26)24-18-9-5-4-8-17(16)18;/h4-5,8-9,16H,2-3,6-7,10-15H2,1H3,(H,24,26)(H2,21,22,23);1H. The lowest BCUT2D eigenvalue weighted by atomic mass is 9.90. The van der Waals surface area contributed by atoms with Gasteiger partial charge in [0, 0.05) is 44.7 Å². The van der Waals surface area contributed by atoms with E-state index in [1.54, 1.807) is 7.05 Å². The summed E-state index contributed by atoms with van der Waals surface area (Å²) in [5.41, 5.74) is 2.12. The van der Waals surface area contributed by atoms with Crippen LogP contribution < -0.4 is 16.0 Å². The summed E-state index contributed by atoms with van der Waals surface area (Å²) in [7, 11) is 1.79. The van der Waals surface area contributed by atoms with Gasteiger partial charge in [-0.1, -0.05) is 31.0 Å². The van der Waals surface area contributed by atoms with Crippen molar-refractivity contribution in [2.75, 3.05) is 45.1 Å². The lowest BCUT2D eigenvalue weighted by Crippen LogP contribution is -2.43. The molecule has 0 radical (unpaired) electrons. The molecule has 1 fully saturated rings. The fraction of sp³-hybridized carbons (Fsp3) is 0.600. The van der Waals surface area contributed by atoms with Gasteiger partial charge in [-0.05, 0) is 37.6 Å². The molecular formula is C20H32IN5O. The molecule has 0 aromatic heterocycles. The van der Waals surface area contributed by atoms with Gasteiger partial charge in [-0.3, -0.25) is 9.79 Å². The lowest BCUT2D eigenvalue weighted by Gasteiger charge is -2.26. The summed E-state index contributed by atoms with van der Waals surface area (Å²) in [6.07, 6.45) is 5.87. The number of benzene rings is 1. The van der Waals surface area contributed by atoms with E-state index < -0.39 is 0 Å². The molecule has 3 N–H and O–H groups in total. The van der Waals surface area contributed by atoms with Gasteiger partial charge in [0.1, 0.15) is 0 Å². The third-order valence-electron chi connectivity index (χ3n) is 5.27. The van der Waals surface area contributed by atoms with Crippen LogP contribution in [0.25, 0.3) is 0 Å². The number of aliphatic imine (C=N–C) groups is 1. The van der Waals surface area contributed by atoms with Crippen molar-refractivity contribution in [2.45, 2.75) is 38.0 Å². The fourth-order valence-electron chi connectivity index (χ4n) is 3.82. The highest BCUT2D eigenvalue weighted by Crippen LogP contribution is 2.31. The van der Waals surface area contributed by atoms with E-state index in [0.717, 1.165) is 24.7 Å². The van der Waals surface area contributed by atoms with E-state index in [9.17, 15) is 4.79 Å². The molecule has 1 aromatic rings. The molecule has 0 spiro atoms. The van der Waals surface area contributed by atoms with Crippen molar-refractivity contribution in [3.05, 3.63) is 29.8 Å². The van der Waals surface area contributed by atoms with Crippen LogP contribution in [0.4, 0.5) is 5.69 Å². The number of likely N-dealkylation sites (tertiary alicyclic amines) is 1. The maximum Gasteiger partial charge on any atom is 0.225 e. The number of fused-ring (bicyclic) bond motifs is 1. The Balaban J connectivity index is 0.00000261. The fourth-order valence-corrected chi connectivity index (χ4v) is 3.82. The minimum absolute atomic E-state index is 0. The second kappa shape index (κ2) is 11.5. The quantitative estimate of drug-likeness (QED) is 0.341. The number of amides is 1. The number of guanidine groups is 1. The van der Waals surface area contributed by atoms with Crippen molar-refractivity contribution in [1.82, 2.24) is 15.5 Å². The zero-order valence-corrected chi connectivity index (χ0v) is 18.5. The second-order valence-corrected chi connectivity index (χ2v) is 7.17. The first-order valence-electron chi connectivity index (χ1n) is 9.82. The summed E-state index contributed by atoms with van der Waals surface area (Å²) in [6, 6.07) is 8.04. The van der Waals surface area contributed by atoms with Gasteiger partial charge in [0.25, 0.3) is 0 Å². The van der Waals surface area contributed by atoms with Crippen molar-refractivity contribution < 1.29 is 4.79 Å². The summed E-state index contributed by atoms with van der Waals surface area (Å²) in [6.45, 7) is 5.06. The number of hydrogen-bond acceptors (Lipinski definition) is 3. The summed E-state index contributed by atoms with van der Waals surface area (Å²) in [4.78, 5) is 18.8. The van der Waals surface area contributed by atoms with E-state index in [1.165, 1.54) is 44.3 Å². The first-order valence-corrected chi connectivity index (χ1v) is 9.82. The molecule has 2 aliphatic rings. The molecule has 2 aliphatic heterocycles. The third kappa shape index (κ3) is 6.64. The van der Waals surface area contributed by atoms with Crippen LogP contribution in [0.2, 0.25) is 0 Å². The molecule has 0 bridgehead atoms. The predicted molar refractivity (Wildman–Crippen MR) is 122 cm³/mol. The number of hydrogen-bond donors (Lipinski definition) is 3. The van der Waals surface area contributed by atoms with Crippen LogP contribution in [0.15, 0.2) is 29.3 Å². The SMILES string of the molecule is CN=C(NCCN1CCCCCC1)NCC1CC(=O)Nc2ccccc21.I. The van der Waals surface area contributed by atoms with E-state index in [4.69, 9.17) is 0 Å². The Bertz CT molecular complexity index is 629. The molecule has 0 saturated carbocycles. The van der Waals surface area contributed by atoms with E-state index in [-0.39, 0.29) is 35.8 Å². The Morgan fingerprint density at radius 3 is 2.67 bits per heavy atom. The number of carbonyl (C=O) groups excluding carboxylic acids is 1. The Morgan fingerprint density at radius 1 is 1.19 bits per heavy atom. The molecule has 1 unspecified atom stereocenters. The Hall–Kier alpha value is -1.35. The molecule has 27 heavy (non-hydrogen) atoms. The van der Waals surface area contributed by atoms with E-state index in [0.29, 0.717) is 13.0 Å². The van der Waals surface area contributed by atoms with Gasteiger partial charge in [-0.15, -0.1) is 24.0 Å².